The van der Waals surface area contributed by atoms with Crippen LogP contribution in [0.4, 0.5) is 10.5 Å². The van der Waals surface area contributed by atoms with Crippen molar-refractivity contribution in [1.29, 1.82) is 0 Å². The summed E-state index contributed by atoms with van der Waals surface area (Å²) in [4.78, 5) is 13.3. The summed E-state index contributed by atoms with van der Waals surface area (Å²) in [6.45, 7) is 3.92. The molecule has 1 aromatic heterocycles. The lowest BCUT2D eigenvalue weighted by atomic mass is 10.3. The Balaban J connectivity index is 1.80. The van der Waals surface area contributed by atoms with Crippen LogP contribution in [0.3, 0.4) is 0 Å². The standard InChI is InChI=1S/C21H24Cl2N6O4S/c1-5-29-19(13(2)27-34(31,32)16-9-10-17(22)18(23)12-16)25-26-21(29)33-15-8-6-7-14(11-15)24-20(30)28(3)4/h6-13,27H,5H2,1-4H3,(H,24,30). The molecule has 3 rings (SSSR count). The van der Waals surface area contributed by atoms with E-state index in [9.17, 15) is 13.2 Å². The molecule has 0 aliphatic carbocycles. The van der Waals surface area contributed by atoms with Crippen LogP contribution in [0.5, 0.6) is 11.8 Å². The van der Waals surface area contributed by atoms with Crippen LogP contribution in [-0.4, -0.2) is 48.2 Å². The van der Waals surface area contributed by atoms with Gasteiger partial charge in [0, 0.05) is 32.4 Å². The second kappa shape index (κ2) is 10.6. The van der Waals surface area contributed by atoms with Crippen molar-refractivity contribution in [2.45, 2.75) is 31.3 Å². The number of rotatable bonds is 8. The fourth-order valence-corrected chi connectivity index (χ4v) is 4.56. The van der Waals surface area contributed by atoms with Gasteiger partial charge < -0.3 is 15.0 Å². The Labute approximate surface area is 207 Å². The van der Waals surface area contributed by atoms with Gasteiger partial charge in [-0.05, 0) is 44.2 Å². The van der Waals surface area contributed by atoms with Crippen LogP contribution >= 0.6 is 23.2 Å². The van der Waals surface area contributed by atoms with E-state index in [1.807, 2.05) is 6.92 Å². The number of anilines is 1. The van der Waals surface area contributed by atoms with Gasteiger partial charge in [0.1, 0.15) is 5.75 Å². The molecule has 34 heavy (non-hydrogen) atoms. The van der Waals surface area contributed by atoms with Gasteiger partial charge >= 0.3 is 12.0 Å². The maximum absolute atomic E-state index is 12.8. The number of carbonyl (C=O) groups excluding carboxylic acids is 1. The molecule has 0 saturated carbocycles. The zero-order valence-electron chi connectivity index (χ0n) is 18.9. The highest BCUT2D eigenvalue weighted by molar-refractivity contribution is 7.89. The summed E-state index contributed by atoms with van der Waals surface area (Å²) >= 11 is 11.8. The third-order valence-electron chi connectivity index (χ3n) is 4.68. The summed E-state index contributed by atoms with van der Waals surface area (Å²) in [5.41, 5.74) is 0.543. The molecule has 1 atom stereocenters. The SMILES string of the molecule is CCn1c(Oc2cccc(NC(=O)N(C)C)c2)nnc1C(C)NS(=O)(=O)c1ccc(Cl)c(Cl)c1. The molecular formula is C21H24Cl2N6O4S. The van der Waals surface area contributed by atoms with Crippen LogP contribution in [0.15, 0.2) is 47.4 Å². The van der Waals surface area contributed by atoms with Crippen LogP contribution in [0, 0.1) is 0 Å². The van der Waals surface area contributed by atoms with Crippen molar-refractivity contribution in [2.24, 2.45) is 0 Å². The summed E-state index contributed by atoms with van der Waals surface area (Å²) in [6.07, 6.45) is 0. The average molecular weight is 527 g/mol. The minimum atomic E-state index is -3.90. The normalized spacial score (nSPS) is 12.3. The van der Waals surface area contributed by atoms with Crippen LogP contribution in [0.25, 0.3) is 0 Å². The maximum Gasteiger partial charge on any atom is 0.322 e. The lowest BCUT2D eigenvalue weighted by Crippen LogP contribution is -2.29. The number of benzene rings is 2. The first kappa shape index (κ1) is 25.8. The van der Waals surface area contributed by atoms with E-state index >= 15 is 0 Å². The largest absolute Gasteiger partial charge is 0.424 e. The smallest absolute Gasteiger partial charge is 0.322 e. The molecule has 0 aliphatic rings. The molecule has 0 fully saturated rings. The first-order chi connectivity index (χ1) is 16.0. The zero-order valence-corrected chi connectivity index (χ0v) is 21.2. The summed E-state index contributed by atoms with van der Waals surface area (Å²) in [5, 5.41) is 11.3. The van der Waals surface area contributed by atoms with Crippen molar-refractivity contribution in [3.05, 3.63) is 58.3 Å². The van der Waals surface area contributed by atoms with Crippen molar-refractivity contribution in [2.75, 3.05) is 19.4 Å². The number of nitrogens with one attached hydrogen (secondary N) is 2. The van der Waals surface area contributed by atoms with Gasteiger partial charge in [0.25, 0.3) is 0 Å². The molecule has 0 saturated heterocycles. The van der Waals surface area contributed by atoms with Crippen molar-refractivity contribution in [1.82, 2.24) is 24.4 Å². The van der Waals surface area contributed by atoms with Crippen molar-refractivity contribution in [3.8, 4) is 11.8 Å². The Morgan fingerprint density at radius 3 is 2.53 bits per heavy atom. The fourth-order valence-electron chi connectivity index (χ4n) is 2.97. The molecule has 10 nitrogen and oxygen atoms in total. The van der Waals surface area contributed by atoms with Gasteiger partial charge in [-0.15, -0.1) is 5.10 Å². The van der Waals surface area contributed by atoms with Gasteiger partial charge in [-0.1, -0.05) is 34.4 Å². The van der Waals surface area contributed by atoms with E-state index in [2.05, 4.69) is 20.2 Å². The number of carbonyl (C=O) groups is 1. The lowest BCUT2D eigenvalue weighted by Gasteiger charge is -2.16. The van der Waals surface area contributed by atoms with Crippen molar-refractivity contribution >= 4 is 44.9 Å². The van der Waals surface area contributed by atoms with E-state index in [1.165, 1.54) is 23.1 Å². The second-order valence-electron chi connectivity index (χ2n) is 7.46. The molecule has 2 aromatic carbocycles. The number of nitrogens with zero attached hydrogens (tertiary/aromatic N) is 4. The summed E-state index contributed by atoms with van der Waals surface area (Å²) in [7, 11) is -0.631. The van der Waals surface area contributed by atoms with Crippen molar-refractivity contribution < 1.29 is 17.9 Å². The topological polar surface area (TPSA) is 118 Å². The average Bonchev–Trinajstić information content (AvgIpc) is 3.18. The molecule has 3 aromatic rings. The minimum absolute atomic E-state index is 0.0237. The lowest BCUT2D eigenvalue weighted by molar-refractivity contribution is 0.230. The summed E-state index contributed by atoms with van der Waals surface area (Å²) in [6, 6.07) is 10.0. The highest BCUT2D eigenvalue weighted by atomic mass is 35.5. The predicted molar refractivity (Wildman–Crippen MR) is 130 cm³/mol. The minimum Gasteiger partial charge on any atom is -0.424 e. The van der Waals surface area contributed by atoms with Crippen LogP contribution in [-0.2, 0) is 16.6 Å². The molecule has 0 radical (unpaired) electrons. The molecule has 13 heteroatoms. The van der Waals surface area contributed by atoms with Gasteiger partial charge in [-0.3, -0.25) is 4.57 Å². The Hall–Kier alpha value is -2.86. The van der Waals surface area contributed by atoms with Gasteiger partial charge in [0.15, 0.2) is 5.82 Å². The van der Waals surface area contributed by atoms with Crippen LogP contribution < -0.4 is 14.8 Å². The molecule has 0 bridgehead atoms. The van der Waals surface area contributed by atoms with Gasteiger partial charge in [0.05, 0.1) is 21.0 Å². The number of hydrogen-bond acceptors (Lipinski definition) is 6. The van der Waals surface area contributed by atoms with Crippen LogP contribution in [0.2, 0.25) is 10.0 Å². The van der Waals surface area contributed by atoms with Gasteiger partial charge in [-0.2, -0.15) is 0 Å². The number of sulfonamides is 1. The molecule has 0 spiro atoms. The van der Waals surface area contributed by atoms with Crippen molar-refractivity contribution in [3.63, 3.8) is 0 Å². The Morgan fingerprint density at radius 2 is 1.88 bits per heavy atom. The van der Waals surface area contributed by atoms with E-state index < -0.39 is 16.1 Å². The first-order valence-electron chi connectivity index (χ1n) is 10.2. The van der Waals surface area contributed by atoms with Gasteiger partial charge in [-0.25, -0.2) is 17.9 Å². The molecule has 1 heterocycles. The van der Waals surface area contributed by atoms with E-state index in [4.69, 9.17) is 27.9 Å². The number of urea groups is 1. The van der Waals surface area contributed by atoms with Crippen LogP contribution in [0.1, 0.15) is 25.7 Å². The molecular weight excluding hydrogens is 503 g/mol. The first-order valence-corrected chi connectivity index (χ1v) is 12.4. The number of amides is 2. The third-order valence-corrected chi connectivity index (χ3v) is 6.96. The predicted octanol–water partition coefficient (Wildman–Crippen LogP) is 4.53. The number of ether oxygens (including phenoxy) is 1. The summed E-state index contributed by atoms with van der Waals surface area (Å²) < 4.78 is 35.7. The zero-order chi connectivity index (χ0) is 25.0. The molecule has 182 valence electrons. The quantitative estimate of drug-likeness (QED) is 0.445. The third kappa shape index (κ3) is 5.98. The fraction of sp³-hybridized carbons (Fsp3) is 0.286. The number of aromatic nitrogens is 3. The summed E-state index contributed by atoms with van der Waals surface area (Å²) in [5.74, 6) is 0.785. The molecule has 2 amide bonds. The van der Waals surface area contributed by atoms with Gasteiger partial charge in [0.2, 0.25) is 10.0 Å². The van der Waals surface area contributed by atoms with E-state index in [-0.39, 0.29) is 27.0 Å². The van der Waals surface area contributed by atoms with E-state index in [1.54, 1.807) is 49.9 Å². The molecule has 1 unspecified atom stereocenters. The monoisotopic (exact) mass is 526 g/mol. The number of hydrogen-bond donors (Lipinski definition) is 2. The molecule has 0 aliphatic heterocycles. The Bertz CT molecular complexity index is 1300. The van der Waals surface area contributed by atoms with E-state index in [0.717, 1.165) is 0 Å². The number of halogens is 2. The second-order valence-corrected chi connectivity index (χ2v) is 9.99. The Kier molecular flexibility index (Phi) is 8.03. The maximum atomic E-state index is 12.8. The Morgan fingerprint density at radius 1 is 1.15 bits per heavy atom. The highest BCUT2D eigenvalue weighted by Gasteiger charge is 2.24. The highest BCUT2D eigenvalue weighted by Crippen LogP contribution is 2.28. The van der Waals surface area contributed by atoms with E-state index in [0.29, 0.717) is 23.8 Å². The molecule has 2 N–H and O–H groups in total.